The van der Waals surface area contributed by atoms with Crippen molar-refractivity contribution in [1.29, 1.82) is 0 Å². The maximum Gasteiger partial charge on any atom is 0.264 e. The highest BCUT2D eigenvalue weighted by Crippen LogP contribution is 1.95. The fraction of sp³-hybridized carbons (Fsp3) is 0.833. The van der Waals surface area contributed by atoms with Crippen LogP contribution in [0, 0.1) is 6.42 Å². The molecule has 0 saturated heterocycles. The summed E-state index contributed by atoms with van der Waals surface area (Å²) >= 11 is 0. The van der Waals surface area contributed by atoms with Crippen LogP contribution in [0.4, 0.5) is 0 Å². The van der Waals surface area contributed by atoms with E-state index in [4.69, 9.17) is 0 Å². The second kappa shape index (κ2) is 4.68. The van der Waals surface area contributed by atoms with Crippen LogP contribution in [0.15, 0.2) is 0 Å². The van der Waals surface area contributed by atoms with Gasteiger partial charge in [0.05, 0.1) is 12.9 Å². The van der Waals surface area contributed by atoms with E-state index in [2.05, 4.69) is 4.18 Å². The number of hydrogen-bond donors (Lipinski definition) is 0. The monoisotopic (exact) mass is 165 g/mol. The van der Waals surface area contributed by atoms with Crippen molar-refractivity contribution in [1.82, 2.24) is 0 Å². The van der Waals surface area contributed by atoms with Gasteiger partial charge in [0.25, 0.3) is 10.1 Å². The molecule has 0 N–H and O–H groups in total. The van der Waals surface area contributed by atoms with Gasteiger partial charge in [-0.05, 0) is 19.3 Å². The zero-order valence-corrected chi connectivity index (χ0v) is 7.15. The van der Waals surface area contributed by atoms with Crippen LogP contribution in [0.1, 0.15) is 19.8 Å². The lowest BCUT2D eigenvalue weighted by Gasteiger charge is -1.98. The molecule has 0 aromatic heterocycles. The Balaban J connectivity index is 3.21. The van der Waals surface area contributed by atoms with E-state index in [1.165, 1.54) is 0 Å². The van der Waals surface area contributed by atoms with Gasteiger partial charge in [0, 0.05) is 0 Å². The SMILES string of the molecule is C[CH]CCCOS(C)(=O)=O. The first-order chi connectivity index (χ1) is 4.56. The maximum atomic E-state index is 10.4. The Bertz CT molecular complexity index is 160. The van der Waals surface area contributed by atoms with E-state index in [0.29, 0.717) is 6.61 Å². The minimum atomic E-state index is -3.22. The first kappa shape index (κ1) is 9.91. The molecule has 0 atom stereocenters. The van der Waals surface area contributed by atoms with E-state index in [1.807, 2.05) is 13.3 Å². The molecular formula is C6H13O3S. The van der Waals surface area contributed by atoms with E-state index in [0.717, 1.165) is 19.1 Å². The van der Waals surface area contributed by atoms with E-state index in [9.17, 15) is 8.42 Å². The Morgan fingerprint density at radius 3 is 2.50 bits per heavy atom. The van der Waals surface area contributed by atoms with Crippen LogP contribution >= 0.6 is 0 Å². The average Bonchev–Trinajstić information content (AvgIpc) is 1.78. The summed E-state index contributed by atoms with van der Waals surface area (Å²) in [7, 11) is -3.22. The third-order valence-electron chi connectivity index (χ3n) is 0.935. The van der Waals surface area contributed by atoms with Gasteiger partial charge in [-0.25, -0.2) is 0 Å². The van der Waals surface area contributed by atoms with Crippen molar-refractivity contribution >= 4 is 10.1 Å². The van der Waals surface area contributed by atoms with Crippen molar-refractivity contribution in [2.75, 3.05) is 12.9 Å². The molecule has 0 amide bonds. The van der Waals surface area contributed by atoms with Gasteiger partial charge in [0.1, 0.15) is 0 Å². The zero-order valence-electron chi connectivity index (χ0n) is 6.33. The van der Waals surface area contributed by atoms with Gasteiger partial charge in [-0.2, -0.15) is 8.42 Å². The van der Waals surface area contributed by atoms with E-state index < -0.39 is 10.1 Å². The summed E-state index contributed by atoms with van der Waals surface area (Å²) in [6, 6.07) is 0. The number of rotatable bonds is 5. The molecule has 0 heterocycles. The largest absolute Gasteiger partial charge is 0.270 e. The molecule has 0 bridgehead atoms. The van der Waals surface area contributed by atoms with Gasteiger partial charge in [0.15, 0.2) is 0 Å². The predicted molar refractivity (Wildman–Crippen MR) is 40.0 cm³/mol. The van der Waals surface area contributed by atoms with E-state index in [1.54, 1.807) is 0 Å². The number of hydrogen-bond acceptors (Lipinski definition) is 3. The molecule has 0 fully saturated rings. The number of unbranched alkanes of at least 4 members (excludes halogenated alkanes) is 2. The Kier molecular flexibility index (Phi) is 4.64. The molecule has 0 unspecified atom stereocenters. The van der Waals surface area contributed by atoms with Crippen LogP contribution in [0.3, 0.4) is 0 Å². The first-order valence-electron chi connectivity index (χ1n) is 3.18. The van der Waals surface area contributed by atoms with Crippen LogP contribution in [-0.4, -0.2) is 21.3 Å². The van der Waals surface area contributed by atoms with Gasteiger partial charge in [-0.1, -0.05) is 6.92 Å². The smallest absolute Gasteiger partial charge is 0.264 e. The van der Waals surface area contributed by atoms with Crippen molar-refractivity contribution in [2.24, 2.45) is 0 Å². The predicted octanol–water partition coefficient (Wildman–Crippen LogP) is 0.967. The Hall–Kier alpha value is -0.0900. The summed E-state index contributed by atoms with van der Waals surface area (Å²) in [6.07, 6.45) is 4.70. The summed E-state index contributed by atoms with van der Waals surface area (Å²) in [6.45, 7) is 2.23. The van der Waals surface area contributed by atoms with Crippen molar-refractivity contribution in [2.45, 2.75) is 19.8 Å². The second-order valence-corrected chi connectivity index (χ2v) is 3.72. The Labute approximate surface area is 62.5 Å². The molecule has 10 heavy (non-hydrogen) atoms. The molecule has 61 valence electrons. The quantitative estimate of drug-likeness (QED) is 0.450. The highest BCUT2D eigenvalue weighted by atomic mass is 32.2. The molecule has 0 aromatic rings. The van der Waals surface area contributed by atoms with Crippen LogP contribution in [0.25, 0.3) is 0 Å². The highest BCUT2D eigenvalue weighted by Gasteiger charge is 1.98. The maximum absolute atomic E-state index is 10.4. The molecule has 0 aliphatic carbocycles. The molecule has 4 heteroatoms. The Morgan fingerprint density at radius 2 is 2.10 bits per heavy atom. The normalized spacial score (nSPS) is 11.8. The van der Waals surface area contributed by atoms with Crippen LogP contribution in [0.5, 0.6) is 0 Å². The minimum Gasteiger partial charge on any atom is -0.270 e. The second-order valence-electron chi connectivity index (χ2n) is 2.08. The standard InChI is InChI=1S/C6H13O3S/c1-3-4-5-6-9-10(2,7)8/h3H,4-6H2,1-2H3. The highest BCUT2D eigenvalue weighted by molar-refractivity contribution is 7.85. The van der Waals surface area contributed by atoms with Crippen molar-refractivity contribution in [3.63, 3.8) is 0 Å². The Morgan fingerprint density at radius 1 is 1.50 bits per heavy atom. The summed E-state index contributed by atoms with van der Waals surface area (Å²) in [5.41, 5.74) is 0. The molecule has 0 spiro atoms. The van der Waals surface area contributed by atoms with Gasteiger partial charge in [-0.3, -0.25) is 4.18 Å². The van der Waals surface area contributed by atoms with Crippen molar-refractivity contribution in [3.05, 3.63) is 6.42 Å². The fourth-order valence-corrected chi connectivity index (χ4v) is 0.918. The van der Waals surface area contributed by atoms with E-state index in [-0.39, 0.29) is 0 Å². The molecule has 0 aliphatic heterocycles. The topological polar surface area (TPSA) is 43.4 Å². The lowest BCUT2D eigenvalue weighted by Crippen LogP contribution is -2.03. The summed E-state index contributed by atoms with van der Waals surface area (Å²) in [5.74, 6) is 0. The van der Waals surface area contributed by atoms with Gasteiger partial charge < -0.3 is 0 Å². The van der Waals surface area contributed by atoms with Crippen LogP contribution < -0.4 is 0 Å². The molecule has 0 aliphatic rings. The van der Waals surface area contributed by atoms with Gasteiger partial charge >= 0.3 is 0 Å². The van der Waals surface area contributed by atoms with Crippen molar-refractivity contribution < 1.29 is 12.6 Å². The molecule has 0 saturated carbocycles. The van der Waals surface area contributed by atoms with Crippen LogP contribution in [0.2, 0.25) is 0 Å². The molecular weight excluding hydrogens is 152 g/mol. The summed E-state index contributed by atoms with van der Waals surface area (Å²) in [4.78, 5) is 0. The van der Waals surface area contributed by atoms with Gasteiger partial charge in [-0.15, -0.1) is 0 Å². The average molecular weight is 165 g/mol. The summed E-state index contributed by atoms with van der Waals surface area (Å²) < 4.78 is 25.2. The molecule has 0 aromatic carbocycles. The minimum absolute atomic E-state index is 0.295. The third-order valence-corrected chi connectivity index (χ3v) is 1.53. The molecule has 0 rings (SSSR count). The van der Waals surface area contributed by atoms with E-state index >= 15 is 0 Å². The third kappa shape index (κ3) is 7.91. The first-order valence-corrected chi connectivity index (χ1v) is 5.00. The lowest BCUT2D eigenvalue weighted by atomic mass is 10.3. The lowest BCUT2D eigenvalue weighted by molar-refractivity contribution is 0.315. The fourth-order valence-electron chi connectivity index (χ4n) is 0.498. The van der Waals surface area contributed by atoms with Gasteiger partial charge in [0.2, 0.25) is 0 Å². The van der Waals surface area contributed by atoms with Crippen LogP contribution in [-0.2, 0) is 14.3 Å². The van der Waals surface area contributed by atoms with Crippen molar-refractivity contribution in [3.8, 4) is 0 Å². The molecule has 1 radical (unpaired) electrons. The zero-order chi connectivity index (χ0) is 8.04. The molecule has 3 nitrogen and oxygen atoms in total. The summed E-state index contributed by atoms with van der Waals surface area (Å²) in [5, 5.41) is 0.